The van der Waals surface area contributed by atoms with Crippen molar-refractivity contribution in [3.8, 4) is 0 Å². The second kappa shape index (κ2) is 7.82. The Morgan fingerprint density at radius 3 is 2.37 bits per heavy atom. The number of aliphatic imine (C=N–C) groups is 1. The van der Waals surface area contributed by atoms with Crippen LogP contribution in [0.15, 0.2) is 35.3 Å². The zero-order valence-electron chi connectivity index (χ0n) is 11.6. The molecular weight excluding hydrogens is 234 g/mol. The molecule has 0 unspecified atom stereocenters. The molecule has 2 rings (SSSR count). The van der Waals surface area contributed by atoms with E-state index in [1.54, 1.807) is 0 Å². The molecule has 1 fully saturated rings. The molecular formula is C16H25N3. The van der Waals surface area contributed by atoms with Gasteiger partial charge in [0, 0.05) is 6.04 Å². The van der Waals surface area contributed by atoms with Crippen molar-refractivity contribution in [2.24, 2.45) is 10.7 Å². The highest BCUT2D eigenvalue weighted by molar-refractivity contribution is 5.78. The first-order valence-electron chi connectivity index (χ1n) is 7.45. The maximum absolute atomic E-state index is 5.98. The van der Waals surface area contributed by atoms with Gasteiger partial charge in [0.2, 0.25) is 0 Å². The van der Waals surface area contributed by atoms with Crippen molar-refractivity contribution in [1.29, 1.82) is 0 Å². The van der Waals surface area contributed by atoms with Crippen molar-refractivity contribution in [3.05, 3.63) is 35.9 Å². The molecule has 0 aromatic heterocycles. The number of nitrogens with two attached hydrogens (primary N) is 1. The number of benzene rings is 1. The Morgan fingerprint density at radius 1 is 1.05 bits per heavy atom. The van der Waals surface area contributed by atoms with Gasteiger partial charge in [-0.1, -0.05) is 62.4 Å². The van der Waals surface area contributed by atoms with Gasteiger partial charge in [0.15, 0.2) is 5.96 Å². The average Bonchev–Trinajstić information content (AvgIpc) is 2.41. The molecule has 0 saturated heterocycles. The lowest BCUT2D eigenvalue weighted by Crippen LogP contribution is -2.40. The van der Waals surface area contributed by atoms with Gasteiger partial charge >= 0.3 is 0 Å². The van der Waals surface area contributed by atoms with Gasteiger partial charge in [-0.2, -0.15) is 0 Å². The molecule has 0 spiro atoms. The highest BCUT2D eigenvalue weighted by Gasteiger charge is 2.11. The minimum atomic E-state index is 0.514. The van der Waals surface area contributed by atoms with Crippen LogP contribution in [-0.2, 0) is 6.54 Å². The lowest BCUT2D eigenvalue weighted by atomic mass is 9.97. The molecule has 1 aromatic rings. The van der Waals surface area contributed by atoms with E-state index in [1.165, 1.54) is 50.5 Å². The van der Waals surface area contributed by atoms with Crippen LogP contribution in [0.5, 0.6) is 0 Å². The van der Waals surface area contributed by atoms with Crippen molar-refractivity contribution in [2.75, 3.05) is 0 Å². The highest BCUT2D eigenvalue weighted by atomic mass is 15.1. The van der Waals surface area contributed by atoms with Gasteiger partial charge in [-0.05, 0) is 18.4 Å². The summed E-state index contributed by atoms with van der Waals surface area (Å²) >= 11 is 0. The minimum absolute atomic E-state index is 0.514. The van der Waals surface area contributed by atoms with Crippen LogP contribution in [0.1, 0.15) is 50.5 Å². The molecule has 0 atom stereocenters. The third kappa shape index (κ3) is 5.33. The van der Waals surface area contributed by atoms with Gasteiger partial charge < -0.3 is 11.1 Å². The van der Waals surface area contributed by atoms with Gasteiger partial charge in [0.1, 0.15) is 0 Å². The summed E-state index contributed by atoms with van der Waals surface area (Å²) in [6, 6.07) is 10.7. The molecule has 0 amide bonds. The van der Waals surface area contributed by atoms with Crippen LogP contribution < -0.4 is 11.1 Å². The van der Waals surface area contributed by atoms with Gasteiger partial charge in [0.25, 0.3) is 0 Å². The van der Waals surface area contributed by atoms with E-state index in [0.29, 0.717) is 18.5 Å². The number of nitrogens with one attached hydrogen (secondary N) is 1. The van der Waals surface area contributed by atoms with E-state index in [4.69, 9.17) is 5.73 Å². The first-order valence-corrected chi connectivity index (χ1v) is 7.45. The zero-order chi connectivity index (χ0) is 13.3. The summed E-state index contributed by atoms with van der Waals surface area (Å²) in [6.45, 7) is 0.659. The molecule has 0 heterocycles. The average molecular weight is 259 g/mol. The van der Waals surface area contributed by atoms with Crippen LogP contribution in [0, 0.1) is 0 Å². The molecule has 1 aliphatic carbocycles. The fraction of sp³-hybridized carbons (Fsp3) is 0.562. The lowest BCUT2D eigenvalue weighted by Gasteiger charge is -2.21. The summed E-state index contributed by atoms with van der Waals surface area (Å²) in [4.78, 5) is 4.43. The Hall–Kier alpha value is -1.51. The zero-order valence-corrected chi connectivity index (χ0v) is 11.6. The number of rotatable bonds is 3. The summed E-state index contributed by atoms with van der Waals surface area (Å²) in [5.41, 5.74) is 7.18. The molecule has 0 aliphatic heterocycles. The van der Waals surface area contributed by atoms with Crippen molar-refractivity contribution in [1.82, 2.24) is 5.32 Å². The van der Waals surface area contributed by atoms with Crippen LogP contribution in [-0.4, -0.2) is 12.0 Å². The van der Waals surface area contributed by atoms with Gasteiger partial charge in [-0.15, -0.1) is 0 Å². The molecule has 1 aliphatic rings. The topological polar surface area (TPSA) is 50.4 Å². The fourth-order valence-electron chi connectivity index (χ4n) is 2.62. The predicted octanol–water partition coefficient (Wildman–Crippen LogP) is 3.20. The molecule has 3 N–H and O–H groups in total. The van der Waals surface area contributed by atoms with Crippen LogP contribution >= 0.6 is 0 Å². The second-order valence-corrected chi connectivity index (χ2v) is 5.37. The van der Waals surface area contributed by atoms with Crippen molar-refractivity contribution in [3.63, 3.8) is 0 Å². The van der Waals surface area contributed by atoms with Crippen molar-refractivity contribution >= 4 is 5.96 Å². The first-order chi connectivity index (χ1) is 9.34. The second-order valence-electron chi connectivity index (χ2n) is 5.37. The molecule has 3 nitrogen and oxygen atoms in total. The van der Waals surface area contributed by atoms with E-state index in [2.05, 4.69) is 22.4 Å². The van der Waals surface area contributed by atoms with Crippen molar-refractivity contribution in [2.45, 2.75) is 57.5 Å². The van der Waals surface area contributed by atoms with E-state index in [9.17, 15) is 0 Å². The number of hydrogen-bond acceptors (Lipinski definition) is 1. The van der Waals surface area contributed by atoms with Gasteiger partial charge in [-0.25, -0.2) is 4.99 Å². The maximum atomic E-state index is 5.98. The van der Waals surface area contributed by atoms with E-state index in [0.717, 1.165) is 0 Å². The monoisotopic (exact) mass is 259 g/mol. The fourth-order valence-corrected chi connectivity index (χ4v) is 2.62. The number of guanidine groups is 1. The summed E-state index contributed by atoms with van der Waals surface area (Å²) < 4.78 is 0. The van der Waals surface area contributed by atoms with E-state index >= 15 is 0 Å². The molecule has 0 radical (unpaired) electrons. The predicted molar refractivity (Wildman–Crippen MR) is 81.0 cm³/mol. The minimum Gasteiger partial charge on any atom is -0.370 e. The Bertz CT molecular complexity index is 378. The normalized spacial score (nSPS) is 18.6. The summed E-state index contributed by atoms with van der Waals surface area (Å²) in [6.07, 6.45) is 9.18. The number of hydrogen-bond donors (Lipinski definition) is 2. The Morgan fingerprint density at radius 2 is 1.68 bits per heavy atom. The Balaban J connectivity index is 1.80. The standard InChI is InChI=1S/C16H25N3/c17-16(18-13-14-9-5-4-6-10-14)19-15-11-7-2-1-3-8-12-15/h4-6,9-10,15H,1-3,7-8,11-13H2,(H3,17,18,19). The van der Waals surface area contributed by atoms with Crippen LogP contribution in [0.25, 0.3) is 0 Å². The summed E-state index contributed by atoms with van der Waals surface area (Å²) in [5, 5.41) is 3.38. The van der Waals surface area contributed by atoms with Crippen LogP contribution in [0.4, 0.5) is 0 Å². The Kier molecular flexibility index (Phi) is 5.73. The molecule has 0 bridgehead atoms. The third-order valence-corrected chi connectivity index (χ3v) is 3.73. The maximum Gasteiger partial charge on any atom is 0.189 e. The lowest BCUT2D eigenvalue weighted by molar-refractivity contribution is 0.427. The third-order valence-electron chi connectivity index (χ3n) is 3.73. The largest absolute Gasteiger partial charge is 0.370 e. The molecule has 3 heteroatoms. The van der Waals surface area contributed by atoms with E-state index < -0.39 is 0 Å². The quantitative estimate of drug-likeness (QED) is 0.647. The molecule has 1 saturated carbocycles. The van der Waals surface area contributed by atoms with Crippen LogP contribution in [0.3, 0.4) is 0 Å². The molecule has 1 aromatic carbocycles. The SMILES string of the molecule is NC(=NCc1ccccc1)NC1CCCCCCC1. The van der Waals surface area contributed by atoms with E-state index in [1.807, 2.05) is 18.2 Å². The van der Waals surface area contributed by atoms with Gasteiger partial charge in [0.05, 0.1) is 6.54 Å². The first kappa shape index (κ1) is 13.9. The van der Waals surface area contributed by atoms with Crippen molar-refractivity contribution < 1.29 is 0 Å². The van der Waals surface area contributed by atoms with E-state index in [-0.39, 0.29) is 0 Å². The highest BCUT2D eigenvalue weighted by Crippen LogP contribution is 2.16. The van der Waals surface area contributed by atoms with Crippen LogP contribution in [0.2, 0.25) is 0 Å². The summed E-state index contributed by atoms with van der Waals surface area (Å²) in [5.74, 6) is 0.592. The Labute approximate surface area is 116 Å². The van der Waals surface area contributed by atoms with Gasteiger partial charge in [-0.3, -0.25) is 0 Å². The smallest absolute Gasteiger partial charge is 0.189 e. The summed E-state index contributed by atoms with van der Waals surface area (Å²) in [7, 11) is 0. The molecule has 19 heavy (non-hydrogen) atoms. The molecule has 104 valence electrons. The number of nitrogens with zero attached hydrogens (tertiary/aromatic N) is 1.